The number of rotatable bonds is 4. The number of ether oxygens (including phenoxy) is 1. The third kappa shape index (κ3) is 3.02. The minimum Gasteiger partial charge on any atom is -0.494 e. The molecule has 0 saturated heterocycles. The van der Waals surface area contributed by atoms with Crippen LogP contribution in [-0.2, 0) is 0 Å². The summed E-state index contributed by atoms with van der Waals surface area (Å²) in [7, 11) is 0. The molecule has 2 aliphatic rings. The zero-order valence-corrected chi connectivity index (χ0v) is 15.6. The Morgan fingerprint density at radius 1 is 1.16 bits per heavy atom. The molecule has 0 spiro atoms. The van der Waals surface area contributed by atoms with Crippen molar-refractivity contribution in [3.8, 4) is 5.75 Å². The van der Waals surface area contributed by atoms with E-state index in [4.69, 9.17) is 27.9 Å². The number of hydrogen-bond donors (Lipinski definition) is 1. The zero-order chi connectivity index (χ0) is 17.4. The van der Waals surface area contributed by atoms with E-state index in [1.54, 1.807) is 0 Å². The molecule has 3 atom stereocenters. The van der Waals surface area contributed by atoms with E-state index in [1.165, 1.54) is 5.56 Å². The van der Waals surface area contributed by atoms with Gasteiger partial charge in [-0.3, -0.25) is 0 Å². The maximum atomic E-state index is 6.50. The molecule has 1 aliphatic heterocycles. The fraction of sp³-hybridized carbons (Fsp3) is 0.333. The van der Waals surface area contributed by atoms with Gasteiger partial charge in [0.1, 0.15) is 5.75 Å². The molecule has 2 nitrogen and oxygen atoms in total. The van der Waals surface area contributed by atoms with Gasteiger partial charge in [0.15, 0.2) is 0 Å². The average Bonchev–Trinajstić information content (AvgIpc) is 3.10. The van der Waals surface area contributed by atoms with Gasteiger partial charge in [-0.25, -0.2) is 0 Å². The second-order valence-electron chi connectivity index (χ2n) is 6.71. The molecule has 0 fully saturated rings. The van der Waals surface area contributed by atoms with Gasteiger partial charge in [-0.05, 0) is 54.7 Å². The van der Waals surface area contributed by atoms with Crippen molar-refractivity contribution in [2.45, 2.75) is 31.7 Å². The summed E-state index contributed by atoms with van der Waals surface area (Å²) >= 11 is 13.0. The maximum Gasteiger partial charge on any atom is 0.119 e. The van der Waals surface area contributed by atoms with Crippen molar-refractivity contribution in [2.24, 2.45) is 5.92 Å². The molecule has 0 saturated carbocycles. The summed E-state index contributed by atoms with van der Waals surface area (Å²) in [4.78, 5) is 0. The van der Waals surface area contributed by atoms with Crippen LogP contribution in [0.4, 0.5) is 5.69 Å². The minimum atomic E-state index is 0.108. The lowest BCUT2D eigenvalue weighted by atomic mass is 9.77. The first-order chi connectivity index (χ1) is 12.2. The van der Waals surface area contributed by atoms with Crippen molar-refractivity contribution in [1.82, 2.24) is 0 Å². The maximum absolute atomic E-state index is 6.50. The molecule has 2 aromatic rings. The molecule has 0 aromatic heterocycles. The molecule has 4 heteroatoms. The van der Waals surface area contributed by atoms with Crippen LogP contribution in [0.15, 0.2) is 48.6 Å². The number of fused-ring (bicyclic) bond motifs is 3. The van der Waals surface area contributed by atoms with Crippen molar-refractivity contribution in [2.75, 3.05) is 11.9 Å². The highest BCUT2D eigenvalue weighted by Gasteiger charge is 2.39. The van der Waals surface area contributed by atoms with Gasteiger partial charge in [-0.2, -0.15) is 0 Å². The summed E-state index contributed by atoms with van der Waals surface area (Å²) in [6.45, 7) is 2.86. The normalized spacial score (nSPS) is 23.7. The van der Waals surface area contributed by atoms with Crippen molar-refractivity contribution in [3.05, 3.63) is 69.7 Å². The molecule has 3 unspecified atom stereocenters. The van der Waals surface area contributed by atoms with Crippen molar-refractivity contribution in [1.29, 1.82) is 0 Å². The predicted molar refractivity (Wildman–Crippen MR) is 105 cm³/mol. The van der Waals surface area contributed by atoms with Gasteiger partial charge >= 0.3 is 0 Å². The molecule has 0 radical (unpaired) electrons. The fourth-order valence-electron chi connectivity index (χ4n) is 3.98. The molecule has 130 valence electrons. The van der Waals surface area contributed by atoms with Crippen LogP contribution >= 0.6 is 23.2 Å². The highest BCUT2D eigenvalue weighted by atomic mass is 35.5. The number of benzene rings is 2. The Labute approximate surface area is 158 Å². The standard InChI is InChI=1S/C21H21Cl2NO/c1-2-11-25-13-9-10-19-16(12-13)14-5-3-6-15(14)21(24-19)20-17(22)7-4-8-18(20)23/h3-5,7-10,12,14-15,21,24H,2,6,11H2,1H3. The van der Waals surface area contributed by atoms with Crippen LogP contribution in [-0.4, -0.2) is 6.61 Å². The Bertz CT molecular complexity index is 797. The van der Waals surface area contributed by atoms with E-state index < -0.39 is 0 Å². The lowest BCUT2D eigenvalue weighted by Crippen LogP contribution is -2.29. The molecule has 2 aromatic carbocycles. The van der Waals surface area contributed by atoms with Gasteiger partial charge in [0.25, 0.3) is 0 Å². The van der Waals surface area contributed by atoms with Gasteiger partial charge in [0, 0.05) is 27.2 Å². The van der Waals surface area contributed by atoms with Crippen LogP contribution < -0.4 is 10.1 Å². The van der Waals surface area contributed by atoms with E-state index in [-0.39, 0.29) is 6.04 Å². The second-order valence-corrected chi connectivity index (χ2v) is 7.52. The Kier molecular flexibility index (Phi) is 4.66. The van der Waals surface area contributed by atoms with E-state index in [0.29, 0.717) is 11.8 Å². The lowest BCUT2D eigenvalue weighted by molar-refractivity contribution is 0.316. The molecular weight excluding hydrogens is 353 g/mol. The summed E-state index contributed by atoms with van der Waals surface area (Å²) < 4.78 is 5.83. The van der Waals surface area contributed by atoms with Crippen LogP contribution in [0.25, 0.3) is 0 Å². The van der Waals surface area contributed by atoms with Crippen LogP contribution in [0.5, 0.6) is 5.75 Å². The van der Waals surface area contributed by atoms with E-state index in [9.17, 15) is 0 Å². The smallest absolute Gasteiger partial charge is 0.119 e. The molecule has 25 heavy (non-hydrogen) atoms. The van der Waals surface area contributed by atoms with E-state index in [2.05, 4.69) is 36.5 Å². The Balaban J connectivity index is 1.74. The molecule has 0 amide bonds. The summed E-state index contributed by atoms with van der Waals surface area (Å²) in [5.74, 6) is 1.71. The van der Waals surface area contributed by atoms with E-state index >= 15 is 0 Å². The monoisotopic (exact) mass is 373 g/mol. The molecule has 1 heterocycles. The van der Waals surface area contributed by atoms with Gasteiger partial charge in [-0.15, -0.1) is 0 Å². The van der Waals surface area contributed by atoms with Gasteiger partial charge < -0.3 is 10.1 Å². The number of nitrogens with one attached hydrogen (secondary N) is 1. The second kappa shape index (κ2) is 6.93. The molecule has 4 rings (SSSR count). The Morgan fingerprint density at radius 2 is 1.96 bits per heavy atom. The van der Waals surface area contributed by atoms with Gasteiger partial charge in [0.05, 0.1) is 12.6 Å². The molecule has 1 aliphatic carbocycles. The van der Waals surface area contributed by atoms with Crippen molar-refractivity contribution < 1.29 is 4.74 Å². The van der Waals surface area contributed by atoms with E-state index in [0.717, 1.165) is 46.5 Å². The zero-order valence-electron chi connectivity index (χ0n) is 14.1. The Morgan fingerprint density at radius 3 is 2.72 bits per heavy atom. The summed E-state index contributed by atoms with van der Waals surface area (Å²) in [5, 5.41) is 5.13. The summed E-state index contributed by atoms with van der Waals surface area (Å²) in [6.07, 6.45) is 6.60. The highest BCUT2D eigenvalue weighted by Crippen LogP contribution is 2.52. The quantitative estimate of drug-likeness (QED) is 0.608. The van der Waals surface area contributed by atoms with Crippen molar-refractivity contribution >= 4 is 28.9 Å². The van der Waals surface area contributed by atoms with Gasteiger partial charge in [-0.1, -0.05) is 48.3 Å². The average molecular weight is 374 g/mol. The first-order valence-corrected chi connectivity index (χ1v) is 9.58. The summed E-state index contributed by atoms with van der Waals surface area (Å²) in [6, 6.07) is 12.2. The first kappa shape index (κ1) is 16.8. The minimum absolute atomic E-state index is 0.108. The van der Waals surface area contributed by atoms with Crippen LogP contribution in [0.2, 0.25) is 10.0 Å². The lowest BCUT2D eigenvalue weighted by Gasteiger charge is -2.38. The van der Waals surface area contributed by atoms with E-state index in [1.807, 2.05) is 24.3 Å². The van der Waals surface area contributed by atoms with Crippen LogP contribution in [0.3, 0.4) is 0 Å². The predicted octanol–water partition coefficient (Wildman–Crippen LogP) is 6.61. The van der Waals surface area contributed by atoms with Crippen LogP contribution in [0, 0.1) is 5.92 Å². The summed E-state index contributed by atoms with van der Waals surface area (Å²) in [5.41, 5.74) is 3.44. The number of allylic oxidation sites excluding steroid dienone is 2. The third-order valence-electron chi connectivity index (χ3n) is 5.12. The molecule has 1 N–H and O–H groups in total. The molecule has 0 bridgehead atoms. The highest BCUT2D eigenvalue weighted by molar-refractivity contribution is 6.36. The number of hydrogen-bond acceptors (Lipinski definition) is 2. The largest absolute Gasteiger partial charge is 0.494 e. The Hall–Kier alpha value is -1.64. The number of anilines is 1. The third-order valence-corrected chi connectivity index (χ3v) is 5.78. The van der Waals surface area contributed by atoms with Crippen molar-refractivity contribution in [3.63, 3.8) is 0 Å². The first-order valence-electron chi connectivity index (χ1n) is 8.83. The topological polar surface area (TPSA) is 21.3 Å². The number of halogens is 2. The van der Waals surface area contributed by atoms with Crippen LogP contribution in [0.1, 0.15) is 42.9 Å². The fourth-order valence-corrected chi connectivity index (χ4v) is 4.61. The van der Waals surface area contributed by atoms with Gasteiger partial charge in [0.2, 0.25) is 0 Å². The SMILES string of the molecule is CCCOc1ccc2c(c1)C1C=CCC1C(c1c(Cl)cccc1Cl)N2. The molecular formula is C21H21Cl2NO.